The van der Waals surface area contributed by atoms with Gasteiger partial charge in [-0.25, -0.2) is 0 Å². The zero-order valence-corrected chi connectivity index (χ0v) is 8.67. The Bertz CT molecular complexity index is 135. The molecule has 0 unspecified atom stereocenters. The predicted molar refractivity (Wildman–Crippen MR) is 59.8 cm³/mol. The summed E-state index contributed by atoms with van der Waals surface area (Å²) in [7, 11) is 0. The molecule has 13 heavy (non-hydrogen) atoms. The smallest absolute Gasteiger partial charge is 0.0348 e. The van der Waals surface area contributed by atoms with Gasteiger partial charge in [0.1, 0.15) is 0 Å². The van der Waals surface area contributed by atoms with Crippen molar-refractivity contribution in [3.05, 3.63) is 24.3 Å². The van der Waals surface area contributed by atoms with Gasteiger partial charge in [-0.2, -0.15) is 0 Å². The summed E-state index contributed by atoms with van der Waals surface area (Å²) in [5.74, 6) is 0. The van der Waals surface area contributed by atoms with E-state index in [0.717, 1.165) is 0 Å². The summed E-state index contributed by atoms with van der Waals surface area (Å²) in [6, 6.07) is 0. The van der Waals surface area contributed by atoms with Gasteiger partial charge in [-0.15, -0.1) is 0 Å². The van der Waals surface area contributed by atoms with E-state index >= 15 is 0 Å². The molecule has 0 atom stereocenters. The molecule has 0 N–H and O–H groups in total. The van der Waals surface area contributed by atoms with E-state index in [2.05, 4.69) is 24.3 Å². The normalized spacial score (nSPS) is 21.5. The van der Waals surface area contributed by atoms with Crippen LogP contribution >= 0.6 is 0 Å². The Morgan fingerprint density at radius 2 is 0.846 bits per heavy atom. The summed E-state index contributed by atoms with van der Waals surface area (Å²) in [6.07, 6.45) is 21.5. The van der Waals surface area contributed by atoms with Crippen molar-refractivity contribution in [1.29, 1.82) is 0 Å². The first-order valence-electron chi connectivity index (χ1n) is 5.82. The second-order valence-electron chi connectivity index (χ2n) is 3.91. The van der Waals surface area contributed by atoms with Gasteiger partial charge in [0.05, 0.1) is 0 Å². The van der Waals surface area contributed by atoms with Gasteiger partial charge in [-0.3, -0.25) is 0 Å². The van der Waals surface area contributed by atoms with Crippen LogP contribution in [0.15, 0.2) is 24.3 Å². The van der Waals surface area contributed by atoms with Crippen LogP contribution in [-0.2, 0) is 0 Å². The van der Waals surface area contributed by atoms with Crippen LogP contribution in [0, 0.1) is 0 Å². The zero-order valence-electron chi connectivity index (χ0n) is 8.67. The monoisotopic (exact) mass is 178 g/mol. The molecule has 0 bridgehead atoms. The fourth-order valence-electron chi connectivity index (χ4n) is 1.76. The molecule has 0 aliphatic heterocycles. The summed E-state index contributed by atoms with van der Waals surface area (Å²) in [4.78, 5) is 0. The number of hydrogen-bond acceptors (Lipinski definition) is 0. The second-order valence-corrected chi connectivity index (χ2v) is 3.91. The van der Waals surface area contributed by atoms with Crippen LogP contribution in [0.5, 0.6) is 0 Å². The molecule has 0 fully saturated rings. The van der Waals surface area contributed by atoms with Gasteiger partial charge in [0.25, 0.3) is 0 Å². The first-order chi connectivity index (χ1) is 6.50. The van der Waals surface area contributed by atoms with Crippen molar-refractivity contribution in [3.8, 4) is 0 Å². The van der Waals surface area contributed by atoms with E-state index in [1.807, 2.05) is 0 Å². The maximum atomic E-state index is 2.30. The van der Waals surface area contributed by atoms with Crippen LogP contribution in [0.25, 0.3) is 0 Å². The molecule has 0 radical (unpaired) electrons. The Kier molecular flexibility index (Phi) is 6.58. The van der Waals surface area contributed by atoms with Gasteiger partial charge >= 0.3 is 0 Å². The lowest BCUT2D eigenvalue weighted by molar-refractivity contribution is 0.584. The maximum Gasteiger partial charge on any atom is -0.0348 e. The average molecular weight is 178 g/mol. The SMILES string of the molecule is C1=CCCCCCCCCCC=C1. The number of allylic oxidation sites excluding steroid dienone is 4. The maximum absolute atomic E-state index is 2.30. The van der Waals surface area contributed by atoms with E-state index in [1.54, 1.807) is 0 Å². The van der Waals surface area contributed by atoms with Crippen molar-refractivity contribution in [1.82, 2.24) is 0 Å². The minimum absolute atomic E-state index is 1.27. The van der Waals surface area contributed by atoms with Crippen LogP contribution in [0.1, 0.15) is 57.8 Å². The van der Waals surface area contributed by atoms with Crippen molar-refractivity contribution in [3.63, 3.8) is 0 Å². The summed E-state index contributed by atoms with van der Waals surface area (Å²) in [5.41, 5.74) is 0. The van der Waals surface area contributed by atoms with Crippen LogP contribution < -0.4 is 0 Å². The van der Waals surface area contributed by atoms with Crippen LogP contribution in [-0.4, -0.2) is 0 Å². The molecule has 0 heterocycles. The van der Waals surface area contributed by atoms with Crippen LogP contribution in [0.2, 0.25) is 0 Å². The van der Waals surface area contributed by atoms with Crippen molar-refractivity contribution in [2.75, 3.05) is 0 Å². The van der Waals surface area contributed by atoms with Crippen LogP contribution in [0.4, 0.5) is 0 Å². The van der Waals surface area contributed by atoms with E-state index in [0.29, 0.717) is 0 Å². The topological polar surface area (TPSA) is 0 Å². The molecule has 0 saturated carbocycles. The molecule has 0 nitrogen and oxygen atoms in total. The van der Waals surface area contributed by atoms with Gasteiger partial charge in [0.2, 0.25) is 0 Å². The van der Waals surface area contributed by atoms with Crippen molar-refractivity contribution in [2.24, 2.45) is 0 Å². The Hall–Kier alpha value is -0.520. The Labute approximate surface area is 82.7 Å². The highest BCUT2D eigenvalue weighted by atomic mass is 14.0. The molecule has 1 aliphatic carbocycles. The zero-order chi connectivity index (χ0) is 9.19. The fraction of sp³-hybridized carbons (Fsp3) is 0.692. The molecule has 0 amide bonds. The highest BCUT2D eigenvalue weighted by Crippen LogP contribution is 2.10. The largest absolute Gasteiger partial charge is 0.0845 e. The van der Waals surface area contributed by atoms with Crippen molar-refractivity contribution < 1.29 is 0 Å². The molecular weight excluding hydrogens is 156 g/mol. The molecule has 0 aromatic heterocycles. The van der Waals surface area contributed by atoms with Gasteiger partial charge in [0.15, 0.2) is 0 Å². The fourth-order valence-corrected chi connectivity index (χ4v) is 1.76. The summed E-state index contributed by atoms with van der Waals surface area (Å²) in [6.45, 7) is 0. The van der Waals surface area contributed by atoms with E-state index in [-0.39, 0.29) is 0 Å². The van der Waals surface area contributed by atoms with Crippen LogP contribution in [0.3, 0.4) is 0 Å². The molecule has 0 spiro atoms. The molecule has 1 aliphatic rings. The minimum atomic E-state index is 1.27. The average Bonchev–Trinajstić information content (AvgIpc) is 2.18. The van der Waals surface area contributed by atoms with E-state index in [4.69, 9.17) is 0 Å². The van der Waals surface area contributed by atoms with Gasteiger partial charge in [0, 0.05) is 0 Å². The predicted octanol–water partition coefficient (Wildman–Crippen LogP) is 4.62. The number of hydrogen-bond donors (Lipinski definition) is 0. The summed E-state index contributed by atoms with van der Waals surface area (Å²) < 4.78 is 0. The molecule has 74 valence electrons. The quantitative estimate of drug-likeness (QED) is 0.507. The Morgan fingerprint density at radius 1 is 0.462 bits per heavy atom. The Morgan fingerprint density at radius 3 is 1.31 bits per heavy atom. The molecule has 0 aromatic rings. The lowest BCUT2D eigenvalue weighted by atomic mass is 10.1. The van der Waals surface area contributed by atoms with Gasteiger partial charge in [-0.05, 0) is 25.7 Å². The van der Waals surface area contributed by atoms with E-state index in [1.165, 1.54) is 57.8 Å². The minimum Gasteiger partial charge on any atom is -0.0845 e. The molecule has 1 rings (SSSR count). The van der Waals surface area contributed by atoms with Gasteiger partial charge in [-0.1, -0.05) is 56.4 Å². The highest BCUT2D eigenvalue weighted by molar-refractivity contribution is 5.02. The highest BCUT2D eigenvalue weighted by Gasteiger charge is 1.91. The summed E-state index contributed by atoms with van der Waals surface area (Å²) in [5, 5.41) is 0. The lowest BCUT2D eigenvalue weighted by Crippen LogP contribution is -1.79. The first kappa shape index (κ1) is 10.6. The lowest BCUT2D eigenvalue weighted by Gasteiger charge is -1.99. The molecular formula is C13H22. The Balaban J connectivity index is 2.18. The van der Waals surface area contributed by atoms with E-state index < -0.39 is 0 Å². The van der Waals surface area contributed by atoms with Gasteiger partial charge < -0.3 is 0 Å². The summed E-state index contributed by atoms with van der Waals surface area (Å²) >= 11 is 0. The van der Waals surface area contributed by atoms with E-state index in [9.17, 15) is 0 Å². The molecule has 0 saturated heterocycles. The third kappa shape index (κ3) is 6.62. The first-order valence-corrected chi connectivity index (χ1v) is 5.82. The molecule has 0 aromatic carbocycles. The molecule has 0 heteroatoms. The third-order valence-corrected chi connectivity index (χ3v) is 2.62. The van der Waals surface area contributed by atoms with Crippen molar-refractivity contribution >= 4 is 0 Å². The van der Waals surface area contributed by atoms with Crippen molar-refractivity contribution in [2.45, 2.75) is 57.8 Å². The third-order valence-electron chi connectivity index (χ3n) is 2.62. The number of rotatable bonds is 0. The standard InChI is InChI=1S/C13H22/c1-2-4-6-8-10-12-13-11-9-7-5-3-1/h1-4H,5-13H2. The second kappa shape index (κ2) is 8.10.